The summed E-state index contributed by atoms with van der Waals surface area (Å²) in [6, 6.07) is 7.86. The van der Waals surface area contributed by atoms with Crippen molar-refractivity contribution in [2.24, 2.45) is 11.8 Å². The Morgan fingerprint density at radius 1 is 1.38 bits per heavy atom. The minimum absolute atomic E-state index is 0.0167. The molecule has 4 rings (SSSR count). The number of benzene rings is 1. The summed E-state index contributed by atoms with van der Waals surface area (Å²) in [6.45, 7) is 6.06. The van der Waals surface area contributed by atoms with Gasteiger partial charge in [-0.25, -0.2) is 0 Å². The average molecular weight is 484 g/mol. The maximum atomic E-state index is 12.9. The average Bonchev–Trinajstić information content (AvgIpc) is 3.18. The predicted molar refractivity (Wildman–Crippen MR) is 131 cm³/mol. The molecule has 8 nitrogen and oxygen atoms in total. The third kappa shape index (κ3) is 5.04. The van der Waals surface area contributed by atoms with Gasteiger partial charge < -0.3 is 19.7 Å². The molecule has 0 saturated carbocycles. The number of hydrogen-bond acceptors (Lipinski definition) is 7. The highest BCUT2D eigenvalue weighted by molar-refractivity contribution is 8.14. The first-order valence-corrected chi connectivity index (χ1v) is 12.2. The van der Waals surface area contributed by atoms with E-state index in [1.807, 2.05) is 35.2 Å². The molecule has 0 radical (unpaired) electrons. The minimum atomic E-state index is -0.488. The number of carbonyl (C=O) groups excluding carboxylic acids is 3. The number of thioether (sulfide) groups is 1. The highest BCUT2D eigenvalue weighted by atomic mass is 32.2. The van der Waals surface area contributed by atoms with Crippen LogP contribution in [0.3, 0.4) is 0 Å². The molecule has 3 heterocycles. The lowest BCUT2D eigenvalue weighted by Gasteiger charge is -2.39. The van der Waals surface area contributed by atoms with Crippen LogP contribution >= 0.6 is 11.8 Å². The Morgan fingerprint density at radius 2 is 2.21 bits per heavy atom. The molecule has 0 bridgehead atoms. The van der Waals surface area contributed by atoms with E-state index in [1.165, 1.54) is 18.7 Å². The van der Waals surface area contributed by atoms with Crippen molar-refractivity contribution in [3.8, 4) is 5.75 Å². The van der Waals surface area contributed by atoms with Gasteiger partial charge in [0.05, 0.1) is 17.9 Å². The zero-order chi connectivity index (χ0) is 24.2. The summed E-state index contributed by atoms with van der Waals surface area (Å²) < 4.78 is 10.2. The van der Waals surface area contributed by atoms with E-state index in [-0.39, 0.29) is 40.9 Å². The van der Waals surface area contributed by atoms with E-state index < -0.39 is 5.97 Å². The Balaban J connectivity index is 1.51. The maximum absolute atomic E-state index is 12.9. The molecule has 1 N–H and O–H groups in total. The van der Waals surface area contributed by atoms with E-state index >= 15 is 0 Å². The molecule has 2 fully saturated rings. The van der Waals surface area contributed by atoms with E-state index in [0.717, 1.165) is 35.1 Å². The molecular formula is C25H29N3O5S. The van der Waals surface area contributed by atoms with Gasteiger partial charge in [0.1, 0.15) is 5.75 Å². The van der Waals surface area contributed by atoms with Crippen LogP contribution in [0.1, 0.15) is 30.6 Å². The molecule has 0 aliphatic carbocycles. The van der Waals surface area contributed by atoms with Crippen molar-refractivity contribution in [1.82, 2.24) is 15.2 Å². The summed E-state index contributed by atoms with van der Waals surface area (Å²) in [6.07, 6.45) is 5.33. The van der Waals surface area contributed by atoms with E-state index in [0.29, 0.717) is 13.1 Å². The number of hydrogen-bond donors (Lipinski definition) is 1. The fourth-order valence-electron chi connectivity index (χ4n) is 4.87. The van der Waals surface area contributed by atoms with Crippen LogP contribution in [0.2, 0.25) is 0 Å². The lowest BCUT2D eigenvalue weighted by atomic mass is 9.79. The number of piperidine rings is 1. The van der Waals surface area contributed by atoms with Crippen LogP contribution in [0.25, 0.3) is 10.9 Å². The molecule has 1 aromatic heterocycles. The van der Waals surface area contributed by atoms with E-state index in [9.17, 15) is 14.4 Å². The molecule has 34 heavy (non-hydrogen) atoms. The molecule has 2 aromatic rings. The van der Waals surface area contributed by atoms with Gasteiger partial charge in [-0.3, -0.25) is 19.4 Å². The number of amides is 2. The molecule has 180 valence electrons. The summed E-state index contributed by atoms with van der Waals surface area (Å²) in [5.41, 5.74) is 1.96. The summed E-state index contributed by atoms with van der Waals surface area (Å²) in [5, 5.41) is 3.92. The third-order valence-corrected chi connectivity index (χ3v) is 7.89. The smallest absolute Gasteiger partial charge is 0.303 e. The van der Waals surface area contributed by atoms with Crippen molar-refractivity contribution >= 4 is 39.8 Å². The third-order valence-electron chi connectivity index (χ3n) is 6.64. The molecular weight excluding hydrogens is 454 g/mol. The van der Waals surface area contributed by atoms with E-state index in [2.05, 4.69) is 16.9 Å². The normalized spacial score (nSPS) is 22.7. The lowest BCUT2D eigenvalue weighted by Crippen LogP contribution is -2.45. The van der Waals surface area contributed by atoms with Gasteiger partial charge in [-0.05, 0) is 54.5 Å². The Kier molecular flexibility index (Phi) is 7.41. The number of rotatable bonds is 8. The number of nitrogens with zero attached hydrogens (tertiary/aromatic N) is 2. The molecule has 9 heteroatoms. The van der Waals surface area contributed by atoms with Gasteiger partial charge in [-0.1, -0.05) is 17.8 Å². The lowest BCUT2D eigenvalue weighted by molar-refractivity contribution is -0.146. The molecule has 0 unspecified atom stereocenters. The largest absolute Gasteiger partial charge is 0.497 e. The fourth-order valence-corrected chi connectivity index (χ4v) is 6.20. The van der Waals surface area contributed by atoms with Crippen molar-refractivity contribution in [3.63, 3.8) is 0 Å². The highest BCUT2D eigenvalue weighted by Gasteiger charge is 2.46. The minimum Gasteiger partial charge on any atom is -0.497 e. The number of fused-ring (bicyclic) bond motifs is 2. The first-order chi connectivity index (χ1) is 16.4. The fraction of sp³-hybridized carbons (Fsp3) is 0.440. The van der Waals surface area contributed by atoms with Gasteiger partial charge in [-0.15, -0.1) is 6.58 Å². The molecule has 2 saturated heterocycles. The van der Waals surface area contributed by atoms with Crippen LogP contribution < -0.4 is 10.1 Å². The molecule has 4 atom stereocenters. The van der Waals surface area contributed by atoms with Crippen LogP contribution in [-0.2, 0) is 14.3 Å². The van der Waals surface area contributed by atoms with E-state index in [1.54, 1.807) is 13.3 Å². The number of aromatic nitrogens is 1. The first-order valence-electron chi connectivity index (χ1n) is 11.3. The van der Waals surface area contributed by atoms with Crippen LogP contribution in [0, 0.1) is 11.8 Å². The summed E-state index contributed by atoms with van der Waals surface area (Å²) in [4.78, 5) is 42.3. The van der Waals surface area contributed by atoms with Crippen molar-refractivity contribution < 1.29 is 23.9 Å². The molecule has 1 aromatic carbocycles. The monoisotopic (exact) mass is 483 g/mol. The van der Waals surface area contributed by atoms with Gasteiger partial charge in [0.2, 0.25) is 0 Å². The summed E-state index contributed by atoms with van der Waals surface area (Å²) >= 11 is 1.38. The highest BCUT2D eigenvalue weighted by Crippen LogP contribution is 2.50. The molecule has 0 spiro atoms. The molecule has 2 amide bonds. The van der Waals surface area contributed by atoms with Crippen molar-refractivity contribution in [2.75, 3.05) is 26.8 Å². The van der Waals surface area contributed by atoms with Crippen molar-refractivity contribution in [2.45, 2.75) is 31.1 Å². The second kappa shape index (κ2) is 10.5. The van der Waals surface area contributed by atoms with Crippen LogP contribution in [0.15, 0.2) is 43.1 Å². The Labute approximate surface area is 203 Å². The quantitative estimate of drug-likeness (QED) is 0.451. The summed E-state index contributed by atoms with van der Waals surface area (Å²) in [5.74, 6) is 0.258. The van der Waals surface area contributed by atoms with Crippen LogP contribution in [-0.4, -0.2) is 59.8 Å². The topological polar surface area (TPSA) is 97.8 Å². The van der Waals surface area contributed by atoms with Crippen LogP contribution in [0.5, 0.6) is 5.75 Å². The predicted octanol–water partition coefficient (Wildman–Crippen LogP) is 3.71. The zero-order valence-electron chi connectivity index (χ0n) is 19.4. The summed E-state index contributed by atoms with van der Waals surface area (Å²) in [7, 11) is 1.64. The second-order valence-corrected chi connectivity index (χ2v) is 9.71. The zero-order valence-corrected chi connectivity index (χ0v) is 20.2. The Morgan fingerprint density at radius 3 is 2.94 bits per heavy atom. The van der Waals surface area contributed by atoms with Gasteiger partial charge >= 0.3 is 5.97 Å². The molecule has 2 aliphatic rings. The van der Waals surface area contributed by atoms with Crippen molar-refractivity contribution in [1.29, 1.82) is 0 Å². The Hall–Kier alpha value is -3.07. The van der Waals surface area contributed by atoms with Gasteiger partial charge in [0.15, 0.2) is 6.61 Å². The SMILES string of the molecule is C=C[C@@H](CNC(=O)COC(C)=O)[C@H]1CCN2C(=O)S[C@H](c3ccnc4ccc(OC)cc34)[C@@H]2C1. The van der Waals surface area contributed by atoms with Crippen molar-refractivity contribution in [3.05, 3.63) is 48.7 Å². The Bertz CT molecular complexity index is 1110. The van der Waals surface area contributed by atoms with Gasteiger partial charge in [-0.2, -0.15) is 0 Å². The van der Waals surface area contributed by atoms with Gasteiger partial charge in [0.25, 0.3) is 11.1 Å². The standard InChI is InChI=1S/C25H29N3O5S/c1-4-16(13-27-23(30)14-33-15(2)29)17-8-10-28-22(11-17)24(34-25(28)31)19-7-9-26-21-6-5-18(32-3)12-20(19)21/h4-7,9,12,16-17,22,24H,1,8,10-11,13-14H2,2-3H3,(H,27,30)/t16-,17-,22-,24+/m0/s1. The first kappa shape index (κ1) is 24.1. The number of nitrogens with one attached hydrogen (secondary N) is 1. The van der Waals surface area contributed by atoms with E-state index in [4.69, 9.17) is 9.47 Å². The number of methoxy groups -OCH3 is 1. The number of carbonyl (C=O) groups is 3. The van der Waals surface area contributed by atoms with Gasteiger partial charge in [0, 0.05) is 37.6 Å². The number of pyridine rings is 1. The number of ether oxygens (including phenoxy) is 2. The molecule has 2 aliphatic heterocycles. The maximum Gasteiger partial charge on any atom is 0.303 e. The second-order valence-electron chi connectivity index (χ2n) is 8.62. The van der Waals surface area contributed by atoms with Crippen LogP contribution in [0.4, 0.5) is 4.79 Å². The number of esters is 1.